The van der Waals surface area contributed by atoms with E-state index < -0.39 is 9.84 Å². The molecule has 0 amide bonds. The van der Waals surface area contributed by atoms with Crippen molar-refractivity contribution in [2.75, 3.05) is 25.9 Å². The third kappa shape index (κ3) is 4.69. The van der Waals surface area contributed by atoms with Gasteiger partial charge in [-0.15, -0.1) is 0 Å². The summed E-state index contributed by atoms with van der Waals surface area (Å²) in [6, 6.07) is 9.27. The molecular formula is C24H27N9O3S. The van der Waals surface area contributed by atoms with Crippen LogP contribution in [0.1, 0.15) is 16.7 Å². The number of hydrogen-bond donors (Lipinski definition) is 4. The summed E-state index contributed by atoms with van der Waals surface area (Å²) in [4.78, 5) is 5.50. The van der Waals surface area contributed by atoms with Gasteiger partial charge in [-0.05, 0) is 36.8 Å². The lowest BCUT2D eigenvalue weighted by Crippen LogP contribution is -2.56. The Balaban J connectivity index is 1.47. The number of nitrogens with zero attached hydrogens (tertiary/aromatic N) is 5. The number of amidine groups is 1. The van der Waals surface area contributed by atoms with Crippen molar-refractivity contribution >= 4 is 37.5 Å². The van der Waals surface area contributed by atoms with Gasteiger partial charge < -0.3 is 15.5 Å². The van der Waals surface area contributed by atoms with E-state index in [1.165, 1.54) is 6.26 Å². The highest BCUT2D eigenvalue weighted by atomic mass is 32.2. The SMILES string of the molecule is Cc1cc(S(C)(=O)=O)c(Cn2cc3ccc(C#N)c(OC4CN(C/C(N)=N/NN)C4)c3n2)c2cc[nH]c12. The predicted octanol–water partition coefficient (Wildman–Crippen LogP) is 0.948. The highest BCUT2D eigenvalue weighted by Gasteiger charge is 2.30. The number of hydrogen-bond acceptors (Lipinski definition) is 9. The molecule has 0 atom stereocenters. The van der Waals surface area contributed by atoms with E-state index in [2.05, 4.69) is 21.7 Å². The number of rotatable bonds is 8. The first-order chi connectivity index (χ1) is 17.7. The number of aromatic nitrogens is 3. The van der Waals surface area contributed by atoms with Crippen molar-refractivity contribution in [2.24, 2.45) is 16.7 Å². The van der Waals surface area contributed by atoms with Gasteiger partial charge in [-0.2, -0.15) is 15.5 Å². The number of nitriles is 1. The monoisotopic (exact) mass is 521 g/mol. The van der Waals surface area contributed by atoms with E-state index in [1.54, 1.807) is 23.0 Å². The Morgan fingerprint density at radius 1 is 1.38 bits per heavy atom. The number of sulfone groups is 1. The third-order valence-electron chi connectivity index (χ3n) is 6.43. The smallest absolute Gasteiger partial charge is 0.175 e. The van der Waals surface area contributed by atoms with Crippen molar-refractivity contribution in [3.63, 3.8) is 0 Å². The van der Waals surface area contributed by atoms with Gasteiger partial charge >= 0.3 is 0 Å². The molecule has 1 saturated heterocycles. The molecule has 0 spiro atoms. The molecule has 6 N–H and O–H groups in total. The number of aryl methyl sites for hydroxylation is 1. The topological polar surface area (TPSA) is 180 Å². The van der Waals surface area contributed by atoms with E-state index >= 15 is 0 Å². The Morgan fingerprint density at radius 3 is 2.86 bits per heavy atom. The van der Waals surface area contributed by atoms with Gasteiger partial charge in [-0.3, -0.25) is 9.58 Å². The molecular weight excluding hydrogens is 494 g/mol. The summed E-state index contributed by atoms with van der Waals surface area (Å²) in [6.07, 6.45) is 4.70. The quantitative estimate of drug-likeness (QED) is 0.114. The van der Waals surface area contributed by atoms with Crippen LogP contribution in [0.2, 0.25) is 0 Å². The summed E-state index contributed by atoms with van der Waals surface area (Å²) in [5.41, 5.74) is 11.3. The standard InChI is InChI=1S/C24H27N9O3S/c1-14-7-20(37(2,34)35)19(18-5-6-28-22(14)18)12-33-9-16-4-3-15(8-25)24(23(16)30-33)36-17-10-32(11-17)13-21(26)29-31-27/h3-7,9,17,28,31H,10-13,27H2,1-2H3,(H2,26,29). The number of nitrogens with two attached hydrogens (primary N) is 2. The van der Waals surface area contributed by atoms with Gasteiger partial charge in [0.05, 0.1) is 23.5 Å². The molecule has 2 aromatic heterocycles. The van der Waals surface area contributed by atoms with Gasteiger partial charge in [0.25, 0.3) is 0 Å². The highest BCUT2D eigenvalue weighted by molar-refractivity contribution is 7.90. The molecule has 192 valence electrons. The maximum Gasteiger partial charge on any atom is 0.175 e. The van der Waals surface area contributed by atoms with Gasteiger partial charge in [-0.25, -0.2) is 19.8 Å². The average molecular weight is 522 g/mol. The van der Waals surface area contributed by atoms with Crippen molar-refractivity contribution in [1.29, 1.82) is 5.26 Å². The number of nitrogens with one attached hydrogen (secondary N) is 2. The van der Waals surface area contributed by atoms with Gasteiger partial charge in [0.2, 0.25) is 0 Å². The van der Waals surface area contributed by atoms with Gasteiger partial charge in [0, 0.05) is 53.6 Å². The summed E-state index contributed by atoms with van der Waals surface area (Å²) in [5, 5.41) is 19.8. The van der Waals surface area contributed by atoms with Crippen LogP contribution in [-0.4, -0.2) is 65.9 Å². The van der Waals surface area contributed by atoms with E-state index in [0.29, 0.717) is 47.9 Å². The van der Waals surface area contributed by atoms with Crippen molar-refractivity contribution in [3.8, 4) is 11.8 Å². The zero-order valence-electron chi connectivity index (χ0n) is 20.4. The fraction of sp³-hybridized carbons (Fsp3) is 0.292. The molecule has 0 saturated carbocycles. The number of hydrazine groups is 1. The molecule has 3 heterocycles. The predicted molar refractivity (Wildman–Crippen MR) is 139 cm³/mol. The molecule has 12 nitrogen and oxygen atoms in total. The Kier molecular flexibility index (Phi) is 6.24. The van der Waals surface area contributed by atoms with E-state index in [4.69, 9.17) is 21.4 Å². The zero-order chi connectivity index (χ0) is 26.3. The average Bonchev–Trinajstić information content (AvgIpc) is 3.46. The summed E-state index contributed by atoms with van der Waals surface area (Å²) in [6.45, 7) is 3.77. The highest BCUT2D eigenvalue weighted by Crippen LogP contribution is 2.33. The van der Waals surface area contributed by atoms with Crippen molar-refractivity contribution in [1.82, 2.24) is 25.2 Å². The third-order valence-corrected chi connectivity index (χ3v) is 7.60. The fourth-order valence-electron chi connectivity index (χ4n) is 4.73. The number of aromatic amines is 1. The summed E-state index contributed by atoms with van der Waals surface area (Å²) >= 11 is 0. The molecule has 0 unspecified atom stereocenters. The van der Waals surface area contributed by atoms with E-state index in [1.807, 2.05) is 30.2 Å². The second-order valence-corrected chi connectivity index (χ2v) is 11.2. The minimum absolute atomic E-state index is 0.144. The summed E-state index contributed by atoms with van der Waals surface area (Å²) < 4.78 is 33.2. The molecule has 37 heavy (non-hydrogen) atoms. The van der Waals surface area contributed by atoms with Crippen LogP contribution in [-0.2, 0) is 16.4 Å². The number of H-pyrrole nitrogens is 1. The first kappa shape index (κ1) is 24.6. The van der Waals surface area contributed by atoms with Gasteiger partial charge in [0.15, 0.2) is 15.6 Å². The Labute approximate surface area is 213 Å². The first-order valence-electron chi connectivity index (χ1n) is 11.5. The molecule has 0 aliphatic carbocycles. The number of fused-ring (bicyclic) bond motifs is 2. The molecule has 0 bridgehead atoms. The minimum Gasteiger partial charge on any atom is -0.484 e. The number of likely N-dealkylation sites (tertiary alicyclic amines) is 1. The Bertz CT molecular complexity index is 1680. The second-order valence-electron chi connectivity index (χ2n) is 9.19. The van der Waals surface area contributed by atoms with E-state index in [-0.39, 0.29) is 17.5 Å². The molecule has 5 rings (SSSR count). The van der Waals surface area contributed by atoms with Gasteiger partial charge in [-0.1, -0.05) is 0 Å². The number of benzene rings is 2. The number of ether oxygens (including phenoxy) is 1. The first-order valence-corrected chi connectivity index (χ1v) is 13.4. The van der Waals surface area contributed by atoms with E-state index in [9.17, 15) is 13.7 Å². The largest absolute Gasteiger partial charge is 0.484 e. The minimum atomic E-state index is -3.48. The fourth-order valence-corrected chi connectivity index (χ4v) is 5.74. The molecule has 13 heteroatoms. The lowest BCUT2D eigenvalue weighted by Gasteiger charge is -2.38. The summed E-state index contributed by atoms with van der Waals surface area (Å²) in [5.74, 6) is 5.93. The van der Waals surface area contributed by atoms with Gasteiger partial charge in [0.1, 0.15) is 23.5 Å². The molecule has 2 aromatic carbocycles. The lowest BCUT2D eigenvalue weighted by atomic mass is 10.1. The molecule has 0 radical (unpaired) electrons. The lowest BCUT2D eigenvalue weighted by molar-refractivity contribution is 0.0315. The van der Waals surface area contributed by atoms with E-state index in [0.717, 1.165) is 21.9 Å². The van der Waals surface area contributed by atoms with Crippen LogP contribution >= 0.6 is 0 Å². The molecule has 4 aromatic rings. The van der Waals surface area contributed by atoms with Crippen LogP contribution in [0.4, 0.5) is 0 Å². The van der Waals surface area contributed by atoms with Crippen molar-refractivity contribution in [3.05, 3.63) is 53.3 Å². The summed E-state index contributed by atoms with van der Waals surface area (Å²) in [7, 11) is -3.48. The van der Waals surface area contributed by atoms with Crippen LogP contribution in [0.15, 0.2) is 46.7 Å². The van der Waals surface area contributed by atoms with Crippen LogP contribution in [0.5, 0.6) is 5.75 Å². The molecule has 1 fully saturated rings. The zero-order valence-corrected chi connectivity index (χ0v) is 21.2. The van der Waals surface area contributed by atoms with Crippen molar-refractivity contribution in [2.45, 2.75) is 24.5 Å². The van der Waals surface area contributed by atoms with Crippen LogP contribution in [0.3, 0.4) is 0 Å². The molecule has 1 aliphatic heterocycles. The Morgan fingerprint density at radius 2 is 2.16 bits per heavy atom. The maximum atomic E-state index is 12.6. The Hall–Kier alpha value is -4.12. The van der Waals surface area contributed by atoms with Crippen LogP contribution in [0.25, 0.3) is 21.8 Å². The normalized spacial score (nSPS) is 15.1. The van der Waals surface area contributed by atoms with Crippen LogP contribution in [0, 0.1) is 18.3 Å². The number of hydrazone groups is 1. The maximum absolute atomic E-state index is 12.6. The van der Waals surface area contributed by atoms with Crippen molar-refractivity contribution < 1.29 is 13.2 Å². The van der Waals surface area contributed by atoms with Crippen LogP contribution < -0.4 is 21.8 Å². The second kappa shape index (κ2) is 9.40. The molecule has 1 aliphatic rings.